The average molecular weight is 424 g/mol. The lowest BCUT2D eigenvalue weighted by atomic mass is 10.0. The van der Waals surface area contributed by atoms with Gasteiger partial charge in [0.15, 0.2) is 11.6 Å². The number of hydrogen-bond donors (Lipinski definition) is 1. The van der Waals surface area contributed by atoms with Crippen molar-refractivity contribution in [2.24, 2.45) is 0 Å². The van der Waals surface area contributed by atoms with Crippen molar-refractivity contribution in [3.05, 3.63) is 70.3 Å². The maximum absolute atomic E-state index is 14.2. The highest BCUT2D eigenvalue weighted by molar-refractivity contribution is 7.17. The Labute approximate surface area is 175 Å². The van der Waals surface area contributed by atoms with Crippen molar-refractivity contribution in [3.63, 3.8) is 0 Å². The number of rotatable bonds is 5. The zero-order chi connectivity index (χ0) is 21.4. The van der Waals surface area contributed by atoms with Crippen LogP contribution in [0.5, 0.6) is 11.5 Å². The van der Waals surface area contributed by atoms with Crippen LogP contribution in [0.25, 0.3) is 21.7 Å². The van der Waals surface area contributed by atoms with Crippen LogP contribution in [-0.4, -0.2) is 21.2 Å². The Morgan fingerprint density at radius 1 is 1.10 bits per heavy atom. The quantitative estimate of drug-likeness (QED) is 0.422. The predicted octanol–water partition coefficient (Wildman–Crippen LogP) is 6.02. The molecule has 0 saturated heterocycles. The fourth-order valence-corrected chi connectivity index (χ4v) is 4.08. The largest absolute Gasteiger partial charge is 0.477 e. The molecule has 2 heterocycles. The zero-order valence-electron chi connectivity index (χ0n) is 16.4. The number of hydrogen-bond acceptors (Lipinski definition) is 6. The van der Waals surface area contributed by atoms with E-state index in [1.54, 1.807) is 44.2 Å². The summed E-state index contributed by atoms with van der Waals surface area (Å²) in [5.74, 6) is -0.388. The number of carboxylic acids is 1. The molecule has 6 nitrogen and oxygen atoms in total. The molecule has 2 aromatic carbocycles. The molecule has 0 aliphatic heterocycles. The first-order chi connectivity index (χ1) is 14.3. The number of halogens is 1. The van der Waals surface area contributed by atoms with E-state index >= 15 is 0 Å². The number of para-hydroxylation sites is 1. The van der Waals surface area contributed by atoms with Gasteiger partial charge in [0.2, 0.25) is 0 Å². The normalized spacial score (nSPS) is 10.9. The van der Waals surface area contributed by atoms with Crippen molar-refractivity contribution in [2.75, 3.05) is 0 Å². The molecule has 0 amide bonds. The van der Waals surface area contributed by atoms with E-state index in [2.05, 4.69) is 10.1 Å². The number of nitrogens with zero attached hydrogens (tertiary/aromatic N) is 2. The summed E-state index contributed by atoms with van der Waals surface area (Å²) < 4.78 is 25.3. The first-order valence-corrected chi connectivity index (χ1v) is 9.87. The molecule has 1 N–H and O–H groups in total. The van der Waals surface area contributed by atoms with Gasteiger partial charge in [0.1, 0.15) is 21.4 Å². The SMILES string of the molecule is Cc1nc(-c2ccc(Oc3ccccc3F)c(-c3c(C)noc3C)c2)sc1C(=O)O. The zero-order valence-corrected chi connectivity index (χ0v) is 17.2. The van der Waals surface area contributed by atoms with Gasteiger partial charge in [-0.15, -0.1) is 11.3 Å². The molecule has 0 fully saturated rings. The number of aromatic carboxylic acids is 1. The highest BCUT2D eigenvalue weighted by Crippen LogP contribution is 2.41. The Hall–Kier alpha value is -3.52. The fraction of sp³-hybridized carbons (Fsp3) is 0.136. The second-order valence-corrected chi connectivity index (χ2v) is 7.68. The van der Waals surface area contributed by atoms with Gasteiger partial charge in [-0.2, -0.15) is 0 Å². The molecule has 30 heavy (non-hydrogen) atoms. The van der Waals surface area contributed by atoms with E-state index in [1.165, 1.54) is 6.07 Å². The minimum absolute atomic E-state index is 0.0940. The van der Waals surface area contributed by atoms with Crippen LogP contribution in [-0.2, 0) is 0 Å². The first kappa shape index (κ1) is 19.8. The Balaban J connectivity index is 1.87. The van der Waals surface area contributed by atoms with Gasteiger partial charge in [-0.05, 0) is 51.1 Å². The van der Waals surface area contributed by atoms with Gasteiger partial charge >= 0.3 is 5.97 Å². The van der Waals surface area contributed by atoms with E-state index in [-0.39, 0.29) is 10.6 Å². The molecule has 2 aromatic heterocycles. The number of benzene rings is 2. The maximum atomic E-state index is 14.2. The van der Waals surface area contributed by atoms with Crippen LogP contribution in [0, 0.1) is 26.6 Å². The average Bonchev–Trinajstić information content (AvgIpc) is 3.26. The van der Waals surface area contributed by atoms with Gasteiger partial charge in [0.25, 0.3) is 0 Å². The summed E-state index contributed by atoms with van der Waals surface area (Å²) in [6, 6.07) is 11.4. The molecule has 0 bridgehead atoms. The molecule has 0 saturated carbocycles. The third kappa shape index (κ3) is 3.57. The van der Waals surface area contributed by atoms with Crippen molar-refractivity contribution in [2.45, 2.75) is 20.8 Å². The summed E-state index contributed by atoms with van der Waals surface area (Å²) in [5.41, 5.74) is 3.20. The highest BCUT2D eigenvalue weighted by Gasteiger charge is 2.21. The van der Waals surface area contributed by atoms with E-state index in [9.17, 15) is 14.3 Å². The van der Waals surface area contributed by atoms with Crippen LogP contribution in [0.4, 0.5) is 4.39 Å². The summed E-state index contributed by atoms with van der Waals surface area (Å²) in [5, 5.41) is 13.9. The van der Waals surface area contributed by atoms with Crippen LogP contribution < -0.4 is 4.74 Å². The summed E-state index contributed by atoms with van der Waals surface area (Å²) in [4.78, 5) is 16.0. The number of ether oxygens (including phenoxy) is 1. The lowest BCUT2D eigenvalue weighted by Gasteiger charge is -2.13. The predicted molar refractivity (Wildman–Crippen MR) is 111 cm³/mol. The molecule has 4 aromatic rings. The Bertz CT molecular complexity index is 1240. The number of aromatic nitrogens is 2. The summed E-state index contributed by atoms with van der Waals surface area (Å²) in [7, 11) is 0. The summed E-state index contributed by atoms with van der Waals surface area (Å²) in [6.45, 7) is 5.25. The fourth-order valence-electron chi connectivity index (χ4n) is 3.18. The van der Waals surface area contributed by atoms with Crippen LogP contribution in [0.1, 0.15) is 26.8 Å². The van der Waals surface area contributed by atoms with E-state index < -0.39 is 11.8 Å². The van der Waals surface area contributed by atoms with Gasteiger partial charge in [-0.1, -0.05) is 17.3 Å². The lowest BCUT2D eigenvalue weighted by Crippen LogP contribution is -1.94. The van der Waals surface area contributed by atoms with Gasteiger partial charge in [-0.25, -0.2) is 14.2 Å². The van der Waals surface area contributed by atoms with Crippen molar-refractivity contribution in [1.29, 1.82) is 0 Å². The van der Waals surface area contributed by atoms with Crippen LogP contribution in [0.3, 0.4) is 0 Å². The molecule has 8 heteroatoms. The molecule has 152 valence electrons. The monoisotopic (exact) mass is 424 g/mol. The first-order valence-electron chi connectivity index (χ1n) is 9.06. The van der Waals surface area contributed by atoms with Crippen LogP contribution in [0.15, 0.2) is 47.0 Å². The van der Waals surface area contributed by atoms with Gasteiger partial charge in [-0.3, -0.25) is 0 Å². The summed E-state index contributed by atoms with van der Waals surface area (Å²) in [6.07, 6.45) is 0. The van der Waals surface area contributed by atoms with Crippen molar-refractivity contribution >= 4 is 17.3 Å². The highest BCUT2D eigenvalue weighted by atomic mass is 32.1. The Morgan fingerprint density at radius 2 is 1.87 bits per heavy atom. The third-order valence-corrected chi connectivity index (χ3v) is 5.77. The molecule has 0 spiro atoms. The lowest BCUT2D eigenvalue weighted by molar-refractivity contribution is 0.0701. The van der Waals surface area contributed by atoms with Crippen LogP contribution in [0.2, 0.25) is 0 Å². The molecular weight excluding hydrogens is 407 g/mol. The molecular formula is C22H17FN2O4S. The maximum Gasteiger partial charge on any atom is 0.347 e. The van der Waals surface area contributed by atoms with Gasteiger partial charge < -0.3 is 14.4 Å². The van der Waals surface area contributed by atoms with Crippen molar-refractivity contribution in [1.82, 2.24) is 10.1 Å². The van der Waals surface area contributed by atoms with Gasteiger partial charge in [0.05, 0.1) is 17.0 Å². The topological polar surface area (TPSA) is 85.5 Å². The van der Waals surface area contributed by atoms with Crippen molar-refractivity contribution < 1.29 is 23.6 Å². The van der Waals surface area contributed by atoms with Gasteiger partial charge in [0, 0.05) is 11.1 Å². The van der Waals surface area contributed by atoms with E-state index in [0.29, 0.717) is 39.0 Å². The van der Waals surface area contributed by atoms with E-state index in [1.807, 2.05) is 13.0 Å². The minimum atomic E-state index is -1.01. The second kappa shape index (κ2) is 7.72. The molecule has 0 radical (unpaired) electrons. The van der Waals surface area contributed by atoms with E-state index in [0.717, 1.165) is 16.9 Å². The standard InChI is InChI=1S/C22H17FN2O4S/c1-11-19(13(3)29-25-11)15-10-14(21-24-12(2)20(30-21)22(26)27)8-9-17(15)28-18-7-5-4-6-16(18)23/h4-10H,1-3H3,(H,26,27). The number of carboxylic acid groups (broad SMARTS) is 1. The third-order valence-electron chi connectivity index (χ3n) is 4.58. The second-order valence-electron chi connectivity index (χ2n) is 6.68. The molecule has 0 atom stereocenters. The van der Waals surface area contributed by atoms with Crippen LogP contribution >= 0.6 is 11.3 Å². The Kier molecular flexibility index (Phi) is 5.09. The van der Waals surface area contributed by atoms with Crippen molar-refractivity contribution in [3.8, 4) is 33.2 Å². The summed E-state index contributed by atoms with van der Waals surface area (Å²) >= 11 is 1.10. The molecule has 0 unspecified atom stereocenters. The van der Waals surface area contributed by atoms with E-state index in [4.69, 9.17) is 9.26 Å². The molecule has 0 aliphatic carbocycles. The number of aryl methyl sites for hydroxylation is 3. The Morgan fingerprint density at radius 3 is 2.50 bits per heavy atom. The number of thiazole rings is 1. The minimum Gasteiger partial charge on any atom is -0.477 e. The smallest absolute Gasteiger partial charge is 0.347 e. The molecule has 4 rings (SSSR count). The number of carbonyl (C=O) groups is 1. The molecule has 0 aliphatic rings.